The van der Waals surface area contributed by atoms with Crippen LogP contribution in [0.5, 0.6) is 0 Å². The molecule has 0 amide bonds. The van der Waals surface area contributed by atoms with Crippen molar-refractivity contribution >= 4 is 34.3 Å². The van der Waals surface area contributed by atoms with Gasteiger partial charge in [0, 0.05) is 29.2 Å². The molecular formula is C32H35N3O3S. The van der Waals surface area contributed by atoms with Gasteiger partial charge in [0.25, 0.3) is 5.56 Å². The van der Waals surface area contributed by atoms with Crippen molar-refractivity contribution < 1.29 is 9.53 Å². The van der Waals surface area contributed by atoms with Crippen LogP contribution < -0.4 is 14.9 Å². The van der Waals surface area contributed by atoms with Gasteiger partial charge in [-0.2, -0.15) is 0 Å². The number of allylic oxidation sites excluding steroid dienone is 1. The number of hydrogen-bond acceptors (Lipinski definition) is 5. The summed E-state index contributed by atoms with van der Waals surface area (Å²) in [6.07, 6.45) is 5.51. The van der Waals surface area contributed by atoms with E-state index in [1.165, 1.54) is 16.9 Å². The molecule has 0 fully saturated rings. The Morgan fingerprint density at radius 2 is 1.85 bits per heavy atom. The summed E-state index contributed by atoms with van der Waals surface area (Å²) in [6, 6.07) is 15.9. The average Bonchev–Trinajstić information content (AvgIpc) is 3.45. The second kappa shape index (κ2) is 11.2. The topological polar surface area (TPSA) is 65.6 Å². The molecule has 0 unspecified atom stereocenters. The van der Waals surface area contributed by atoms with Crippen molar-refractivity contribution in [2.24, 2.45) is 4.99 Å². The van der Waals surface area contributed by atoms with E-state index < -0.39 is 12.0 Å². The molecular weight excluding hydrogens is 506 g/mol. The molecule has 0 saturated heterocycles. The highest BCUT2D eigenvalue weighted by Crippen LogP contribution is 2.33. The zero-order chi connectivity index (χ0) is 27.7. The Hall–Kier alpha value is -3.71. The molecule has 7 heteroatoms. The molecule has 0 saturated carbocycles. The van der Waals surface area contributed by atoms with Gasteiger partial charge >= 0.3 is 5.97 Å². The minimum absolute atomic E-state index is 0.151. The molecule has 0 radical (unpaired) electrons. The third kappa shape index (κ3) is 4.91. The number of nitrogens with zero attached hydrogens (tertiary/aromatic N) is 3. The molecule has 202 valence electrons. The molecule has 2 aromatic carbocycles. The van der Waals surface area contributed by atoms with E-state index in [2.05, 4.69) is 62.7 Å². The van der Waals surface area contributed by atoms with Crippen LogP contribution in [0.3, 0.4) is 0 Å². The molecule has 0 spiro atoms. The first kappa shape index (κ1) is 26.9. The molecule has 0 N–H and O–H groups in total. The monoisotopic (exact) mass is 541 g/mol. The maximum Gasteiger partial charge on any atom is 0.338 e. The molecule has 0 bridgehead atoms. The number of rotatable bonds is 8. The fraction of sp³-hybridized carbons (Fsp3) is 0.344. The number of hydrogen-bond donors (Lipinski definition) is 0. The third-order valence-electron chi connectivity index (χ3n) is 7.26. The van der Waals surface area contributed by atoms with Crippen LogP contribution in [0.4, 0.5) is 0 Å². The number of fused-ring (bicyclic) bond motifs is 2. The van der Waals surface area contributed by atoms with Crippen molar-refractivity contribution in [1.82, 2.24) is 9.13 Å². The number of para-hydroxylation sites is 1. The Labute approximate surface area is 232 Å². The second-order valence-corrected chi connectivity index (χ2v) is 11.1. The van der Waals surface area contributed by atoms with Gasteiger partial charge in [0.1, 0.15) is 0 Å². The van der Waals surface area contributed by atoms with Crippen LogP contribution in [0.2, 0.25) is 0 Å². The maximum atomic E-state index is 14.1. The largest absolute Gasteiger partial charge is 0.463 e. The first-order valence-electron chi connectivity index (χ1n) is 13.8. The van der Waals surface area contributed by atoms with E-state index >= 15 is 0 Å². The highest BCUT2D eigenvalue weighted by atomic mass is 32.1. The van der Waals surface area contributed by atoms with Gasteiger partial charge in [-0.05, 0) is 49.5 Å². The number of aryl methyl sites for hydroxylation is 1. The van der Waals surface area contributed by atoms with Crippen molar-refractivity contribution in [2.75, 3.05) is 6.61 Å². The van der Waals surface area contributed by atoms with Gasteiger partial charge in [0.05, 0.1) is 28.5 Å². The lowest BCUT2D eigenvalue weighted by Crippen LogP contribution is -2.40. The van der Waals surface area contributed by atoms with E-state index in [4.69, 9.17) is 9.73 Å². The Morgan fingerprint density at radius 1 is 1.10 bits per heavy atom. The number of carbonyl (C=O) groups excluding carboxylic acids is 1. The number of benzene rings is 2. The minimum Gasteiger partial charge on any atom is -0.463 e. The summed E-state index contributed by atoms with van der Waals surface area (Å²) in [5, 5.41) is 1.10. The first-order valence-corrected chi connectivity index (χ1v) is 14.6. The van der Waals surface area contributed by atoms with Crippen molar-refractivity contribution in [1.29, 1.82) is 0 Å². The number of esters is 1. The summed E-state index contributed by atoms with van der Waals surface area (Å²) < 4.78 is 9.98. The number of thiazole rings is 1. The SMILES string of the molecule is CCCC1=C(C(=O)OCC)[C@H](c2ccc(C(C)C)cc2)n2c(s/c(=C\c3cn(CC)c4ccccc34)c2=O)=N1. The van der Waals surface area contributed by atoms with Crippen LogP contribution in [0.15, 0.2) is 75.8 Å². The van der Waals surface area contributed by atoms with E-state index in [1.54, 1.807) is 11.5 Å². The Bertz CT molecular complexity index is 1740. The predicted molar refractivity (Wildman–Crippen MR) is 158 cm³/mol. The Balaban J connectivity index is 1.76. The summed E-state index contributed by atoms with van der Waals surface area (Å²) >= 11 is 1.38. The molecule has 4 aromatic rings. The van der Waals surface area contributed by atoms with Crippen molar-refractivity contribution in [3.63, 3.8) is 0 Å². The van der Waals surface area contributed by atoms with E-state index in [9.17, 15) is 9.59 Å². The zero-order valence-electron chi connectivity index (χ0n) is 23.2. The van der Waals surface area contributed by atoms with Crippen molar-refractivity contribution in [3.8, 4) is 0 Å². The molecule has 1 atom stereocenters. The van der Waals surface area contributed by atoms with Crippen LogP contribution in [-0.4, -0.2) is 21.7 Å². The molecule has 1 aliphatic rings. The molecule has 3 heterocycles. The highest BCUT2D eigenvalue weighted by Gasteiger charge is 2.34. The fourth-order valence-corrected chi connectivity index (χ4v) is 6.30. The lowest BCUT2D eigenvalue weighted by molar-refractivity contribution is -0.139. The van der Waals surface area contributed by atoms with Crippen molar-refractivity contribution in [3.05, 3.63) is 102 Å². The van der Waals surface area contributed by atoms with Crippen molar-refractivity contribution in [2.45, 2.75) is 66.0 Å². The van der Waals surface area contributed by atoms with E-state index in [0.29, 0.717) is 32.9 Å². The summed E-state index contributed by atoms with van der Waals surface area (Å²) in [5.74, 6) is -0.0371. The quantitative estimate of drug-likeness (QED) is 0.270. The summed E-state index contributed by atoms with van der Waals surface area (Å²) in [7, 11) is 0. The third-order valence-corrected chi connectivity index (χ3v) is 8.24. The van der Waals surface area contributed by atoms with E-state index in [1.807, 2.05) is 30.3 Å². The van der Waals surface area contributed by atoms with Gasteiger partial charge in [0.2, 0.25) is 0 Å². The van der Waals surface area contributed by atoms with Gasteiger partial charge in [-0.15, -0.1) is 0 Å². The number of aromatic nitrogens is 2. The van der Waals surface area contributed by atoms with Gasteiger partial charge in [-0.1, -0.05) is 81.0 Å². The smallest absolute Gasteiger partial charge is 0.338 e. The van der Waals surface area contributed by atoms with Crippen LogP contribution >= 0.6 is 11.3 Å². The fourth-order valence-electron chi connectivity index (χ4n) is 5.29. The molecule has 5 rings (SSSR count). The number of carbonyl (C=O) groups is 1. The predicted octanol–water partition coefficient (Wildman–Crippen LogP) is 5.68. The second-order valence-electron chi connectivity index (χ2n) is 10.1. The van der Waals surface area contributed by atoms with Gasteiger partial charge < -0.3 is 9.30 Å². The lowest BCUT2D eigenvalue weighted by Gasteiger charge is -2.26. The van der Waals surface area contributed by atoms with E-state index in [0.717, 1.165) is 35.0 Å². The molecule has 2 aromatic heterocycles. The summed E-state index contributed by atoms with van der Waals surface area (Å²) in [6.45, 7) is 11.4. The minimum atomic E-state index is -0.595. The Morgan fingerprint density at radius 3 is 2.51 bits per heavy atom. The first-order chi connectivity index (χ1) is 18.9. The van der Waals surface area contributed by atoms with Gasteiger partial charge in [0.15, 0.2) is 4.80 Å². The summed E-state index contributed by atoms with van der Waals surface area (Å²) in [5.41, 5.74) is 5.21. The Kier molecular flexibility index (Phi) is 7.71. The van der Waals surface area contributed by atoms with Gasteiger partial charge in [-0.3, -0.25) is 9.36 Å². The van der Waals surface area contributed by atoms with Crippen LogP contribution in [-0.2, 0) is 16.1 Å². The normalized spacial score (nSPS) is 15.6. The molecule has 6 nitrogen and oxygen atoms in total. The van der Waals surface area contributed by atoms with Crippen LogP contribution in [0.25, 0.3) is 17.0 Å². The van der Waals surface area contributed by atoms with Gasteiger partial charge in [-0.25, -0.2) is 9.79 Å². The highest BCUT2D eigenvalue weighted by molar-refractivity contribution is 7.07. The van der Waals surface area contributed by atoms with Crippen LogP contribution in [0, 0.1) is 0 Å². The van der Waals surface area contributed by atoms with Crippen LogP contribution in [0.1, 0.15) is 76.1 Å². The number of ether oxygens (including phenoxy) is 1. The zero-order valence-corrected chi connectivity index (χ0v) is 24.0. The molecule has 1 aliphatic heterocycles. The molecule has 39 heavy (non-hydrogen) atoms. The maximum absolute atomic E-state index is 14.1. The standard InChI is InChI=1S/C32H35N3O3S/c1-6-11-25-28(31(37)38-8-3)29(22-16-14-21(15-17-22)20(4)5)35-30(36)27(39-32(35)33-25)18-23-19-34(7-2)26-13-10-9-12-24(23)26/h9-10,12-20,29H,6-8,11H2,1-5H3/b27-18-/t29-/m0/s1. The average molecular weight is 542 g/mol. The van der Waals surface area contributed by atoms with E-state index in [-0.39, 0.29) is 12.2 Å². The summed E-state index contributed by atoms with van der Waals surface area (Å²) in [4.78, 5) is 33.0. The molecule has 0 aliphatic carbocycles. The lowest BCUT2D eigenvalue weighted by atomic mass is 9.92.